The zero-order valence-corrected chi connectivity index (χ0v) is 10.4. The molecule has 1 saturated heterocycles. The van der Waals surface area contributed by atoms with Crippen LogP contribution in [0.1, 0.15) is 5.69 Å². The van der Waals surface area contributed by atoms with Crippen molar-refractivity contribution in [3.8, 4) is 0 Å². The van der Waals surface area contributed by atoms with Gasteiger partial charge in [0.2, 0.25) is 0 Å². The van der Waals surface area contributed by atoms with Crippen LogP contribution >= 0.6 is 0 Å². The molecule has 0 spiro atoms. The van der Waals surface area contributed by atoms with E-state index in [-0.39, 0.29) is 0 Å². The maximum atomic E-state index is 12.3. The molecule has 1 aromatic heterocycles. The van der Waals surface area contributed by atoms with Gasteiger partial charge in [-0.1, -0.05) is 0 Å². The highest BCUT2D eigenvalue weighted by Gasteiger charge is 2.32. The highest BCUT2D eigenvalue weighted by molar-refractivity contribution is 5.36. The summed E-state index contributed by atoms with van der Waals surface area (Å²) in [5.41, 5.74) is 6.12. The highest BCUT2D eigenvalue weighted by Crippen LogP contribution is 2.19. The van der Waals surface area contributed by atoms with E-state index in [2.05, 4.69) is 9.97 Å². The summed E-state index contributed by atoms with van der Waals surface area (Å²) in [4.78, 5) is 11.7. The molecule has 8 heteroatoms. The fourth-order valence-electron chi connectivity index (χ4n) is 2.01. The summed E-state index contributed by atoms with van der Waals surface area (Å²) in [5, 5.41) is 0. The Morgan fingerprint density at radius 3 is 2.26 bits per heavy atom. The van der Waals surface area contributed by atoms with Gasteiger partial charge in [0.25, 0.3) is 0 Å². The fourth-order valence-corrected chi connectivity index (χ4v) is 2.01. The molecule has 1 aliphatic rings. The van der Waals surface area contributed by atoms with E-state index in [0.717, 1.165) is 0 Å². The van der Waals surface area contributed by atoms with Crippen LogP contribution in [0.2, 0.25) is 0 Å². The molecular formula is C11H16F3N5. The van der Waals surface area contributed by atoms with Crippen LogP contribution in [-0.4, -0.2) is 53.8 Å². The molecule has 2 N–H and O–H groups in total. The van der Waals surface area contributed by atoms with Crippen LogP contribution in [0.3, 0.4) is 0 Å². The molecule has 1 aliphatic heterocycles. The van der Waals surface area contributed by atoms with Gasteiger partial charge in [0.1, 0.15) is 5.82 Å². The quantitative estimate of drug-likeness (QED) is 0.876. The third-order valence-corrected chi connectivity index (χ3v) is 3.00. The number of nitrogens with zero attached hydrogens (tertiary/aromatic N) is 4. The number of nitrogens with two attached hydrogens (primary N) is 1. The molecule has 1 fully saturated rings. The average Bonchev–Trinajstić information content (AvgIpc) is 2.38. The topological polar surface area (TPSA) is 58.3 Å². The lowest BCUT2D eigenvalue weighted by atomic mass is 10.3. The molecule has 0 amide bonds. The number of halogens is 3. The van der Waals surface area contributed by atoms with Crippen LogP contribution in [0.4, 0.5) is 19.0 Å². The smallest absolute Gasteiger partial charge is 0.353 e. The van der Waals surface area contributed by atoms with E-state index in [9.17, 15) is 13.2 Å². The van der Waals surface area contributed by atoms with Gasteiger partial charge in [-0.2, -0.15) is 13.2 Å². The van der Waals surface area contributed by atoms with E-state index in [4.69, 9.17) is 5.73 Å². The van der Waals surface area contributed by atoms with Crippen LogP contribution in [0.15, 0.2) is 12.4 Å². The summed E-state index contributed by atoms with van der Waals surface area (Å²) in [6, 6.07) is 0. The maximum Gasteiger partial charge on any atom is 0.401 e. The van der Waals surface area contributed by atoms with Crippen molar-refractivity contribution in [2.45, 2.75) is 12.7 Å². The molecular weight excluding hydrogens is 259 g/mol. The first-order valence-corrected chi connectivity index (χ1v) is 6.03. The van der Waals surface area contributed by atoms with Crippen LogP contribution in [-0.2, 0) is 6.54 Å². The van der Waals surface area contributed by atoms with Crippen LogP contribution < -0.4 is 10.6 Å². The van der Waals surface area contributed by atoms with E-state index in [1.807, 2.05) is 4.90 Å². The molecule has 0 saturated carbocycles. The van der Waals surface area contributed by atoms with Crippen LogP contribution in [0, 0.1) is 0 Å². The zero-order chi connectivity index (χ0) is 13.9. The average molecular weight is 275 g/mol. The number of anilines is 1. The molecule has 5 nitrogen and oxygen atoms in total. The Morgan fingerprint density at radius 1 is 1.11 bits per heavy atom. The van der Waals surface area contributed by atoms with Crippen molar-refractivity contribution in [2.24, 2.45) is 5.73 Å². The third-order valence-electron chi connectivity index (χ3n) is 3.00. The van der Waals surface area contributed by atoms with Crippen molar-refractivity contribution in [2.75, 3.05) is 37.6 Å². The Kier molecular flexibility index (Phi) is 4.20. The predicted octanol–water partition coefficient (Wildman–Crippen LogP) is 0.620. The van der Waals surface area contributed by atoms with Crippen molar-refractivity contribution in [3.05, 3.63) is 18.1 Å². The minimum absolute atomic E-state index is 0.326. The predicted molar refractivity (Wildman–Crippen MR) is 64.6 cm³/mol. The summed E-state index contributed by atoms with van der Waals surface area (Å²) in [6.07, 6.45) is -0.927. The van der Waals surface area contributed by atoms with Gasteiger partial charge < -0.3 is 10.6 Å². The number of rotatable bonds is 3. The lowest BCUT2D eigenvalue weighted by Gasteiger charge is -2.35. The van der Waals surface area contributed by atoms with Crippen molar-refractivity contribution in [3.63, 3.8) is 0 Å². The summed E-state index contributed by atoms with van der Waals surface area (Å²) < 4.78 is 36.8. The van der Waals surface area contributed by atoms with E-state index >= 15 is 0 Å². The van der Waals surface area contributed by atoms with Crippen molar-refractivity contribution in [1.82, 2.24) is 14.9 Å². The number of alkyl halides is 3. The van der Waals surface area contributed by atoms with Crippen molar-refractivity contribution in [1.29, 1.82) is 0 Å². The minimum Gasteiger partial charge on any atom is -0.353 e. The number of aromatic nitrogens is 2. The second-order valence-electron chi connectivity index (χ2n) is 4.45. The summed E-state index contributed by atoms with van der Waals surface area (Å²) in [6.45, 7) is 1.27. The Bertz CT molecular complexity index is 398. The largest absolute Gasteiger partial charge is 0.401 e. The molecule has 0 aliphatic carbocycles. The molecule has 0 unspecified atom stereocenters. The first-order chi connectivity index (χ1) is 8.98. The summed E-state index contributed by atoms with van der Waals surface area (Å²) >= 11 is 0. The van der Waals surface area contributed by atoms with Crippen LogP contribution in [0.5, 0.6) is 0 Å². The Hall–Kier alpha value is -1.41. The SMILES string of the molecule is NCc1cnc(N2CCN(CC(F)(F)F)CC2)cn1. The molecule has 106 valence electrons. The molecule has 2 rings (SSSR count). The lowest BCUT2D eigenvalue weighted by molar-refractivity contribution is -0.146. The highest BCUT2D eigenvalue weighted by atomic mass is 19.4. The minimum atomic E-state index is -4.13. The second-order valence-corrected chi connectivity index (χ2v) is 4.45. The molecule has 0 aromatic carbocycles. The zero-order valence-electron chi connectivity index (χ0n) is 10.4. The summed E-state index contributed by atoms with van der Waals surface area (Å²) in [7, 11) is 0. The third kappa shape index (κ3) is 4.03. The standard InChI is InChI=1S/C11H16F3N5/c12-11(13,14)8-18-1-3-19(4-2-18)10-7-16-9(5-15)6-17-10/h6-7H,1-5,8,15H2. The van der Waals surface area contributed by atoms with Gasteiger partial charge in [-0.15, -0.1) is 0 Å². The van der Waals surface area contributed by atoms with Gasteiger partial charge >= 0.3 is 6.18 Å². The Labute approximate surface area is 109 Å². The van der Waals surface area contributed by atoms with Crippen LogP contribution in [0.25, 0.3) is 0 Å². The summed E-state index contributed by atoms with van der Waals surface area (Å²) in [5.74, 6) is 0.684. The van der Waals surface area contributed by atoms with Gasteiger partial charge in [0.15, 0.2) is 0 Å². The van der Waals surface area contributed by atoms with Gasteiger partial charge in [-0.05, 0) is 0 Å². The number of hydrogen-bond acceptors (Lipinski definition) is 5. The molecule has 0 bridgehead atoms. The van der Waals surface area contributed by atoms with Gasteiger partial charge in [-0.3, -0.25) is 9.88 Å². The molecule has 19 heavy (non-hydrogen) atoms. The van der Waals surface area contributed by atoms with Crippen molar-refractivity contribution >= 4 is 5.82 Å². The van der Waals surface area contributed by atoms with E-state index in [0.29, 0.717) is 44.2 Å². The first-order valence-electron chi connectivity index (χ1n) is 6.03. The molecule has 1 aromatic rings. The molecule has 0 radical (unpaired) electrons. The van der Waals surface area contributed by atoms with E-state index in [1.54, 1.807) is 12.4 Å². The van der Waals surface area contributed by atoms with E-state index in [1.165, 1.54) is 4.90 Å². The fraction of sp³-hybridized carbons (Fsp3) is 0.636. The maximum absolute atomic E-state index is 12.3. The molecule has 0 atom stereocenters. The molecule has 2 heterocycles. The normalized spacial score (nSPS) is 17.8. The Balaban J connectivity index is 1.88. The number of hydrogen-bond donors (Lipinski definition) is 1. The Morgan fingerprint density at radius 2 is 1.79 bits per heavy atom. The first kappa shape index (κ1) is 14.0. The van der Waals surface area contributed by atoms with Gasteiger partial charge in [-0.25, -0.2) is 4.98 Å². The second kappa shape index (κ2) is 5.70. The lowest BCUT2D eigenvalue weighted by Crippen LogP contribution is -2.49. The van der Waals surface area contributed by atoms with E-state index < -0.39 is 12.7 Å². The van der Waals surface area contributed by atoms with Gasteiger partial charge in [0, 0.05) is 32.7 Å². The van der Waals surface area contributed by atoms with Crippen molar-refractivity contribution < 1.29 is 13.2 Å². The van der Waals surface area contributed by atoms with Gasteiger partial charge in [0.05, 0.1) is 24.6 Å². The number of piperazine rings is 1. The monoisotopic (exact) mass is 275 g/mol.